The summed E-state index contributed by atoms with van der Waals surface area (Å²) in [6.07, 6.45) is 5.64. The lowest BCUT2D eigenvalue weighted by molar-refractivity contribution is 0.355. The summed E-state index contributed by atoms with van der Waals surface area (Å²) < 4.78 is 10.9. The van der Waals surface area contributed by atoms with Gasteiger partial charge in [-0.25, -0.2) is 9.97 Å². The van der Waals surface area contributed by atoms with Gasteiger partial charge in [-0.1, -0.05) is 13.8 Å². The number of benzene rings is 1. The number of aromatic nitrogens is 3. The van der Waals surface area contributed by atoms with Gasteiger partial charge in [-0.05, 0) is 43.4 Å². The lowest BCUT2D eigenvalue weighted by Crippen LogP contribution is -2.30. The number of hydrogen-bond donors (Lipinski definition) is 1. The smallest absolute Gasteiger partial charge is 0.225 e. The zero-order valence-corrected chi connectivity index (χ0v) is 17.1. The number of piperidine rings is 1. The van der Waals surface area contributed by atoms with Crippen molar-refractivity contribution in [1.29, 1.82) is 0 Å². The molecule has 0 radical (unpaired) electrons. The first-order valence-electron chi connectivity index (χ1n) is 9.98. The number of fused-ring (bicyclic) bond motifs is 1. The number of anilines is 1. The molecule has 6 nitrogen and oxygen atoms in total. The van der Waals surface area contributed by atoms with E-state index in [1.54, 1.807) is 14.2 Å². The first kappa shape index (κ1) is 18.6. The predicted octanol–water partition coefficient (Wildman–Crippen LogP) is 4.76. The Kier molecular flexibility index (Phi) is 5.11. The Morgan fingerprint density at radius 2 is 1.79 bits per heavy atom. The molecule has 3 heterocycles. The molecule has 0 atom stereocenters. The normalized spacial score (nSPS) is 14.7. The van der Waals surface area contributed by atoms with E-state index in [4.69, 9.17) is 14.5 Å². The lowest BCUT2D eigenvalue weighted by atomic mass is 9.98. The van der Waals surface area contributed by atoms with Crippen molar-refractivity contribution in [3.8, 4) is 22.8 Å². The fourth-order valence-electron chi connectivity index (χ4n) is 4.02. The summed E-state index contributed by atoms with van der Waals surface area (Å²) in [5.74, 6) is 2.60. The van der Waals surface area contributed by atoms with Gasteiger partial charge in [-0.15, -0.1) is 0 Å². The predicted molar refractivity (Wildman–Crippen MR) is 113 cm³/mol. The van der Waals surface area contributed by atoms with Gasteiger partial charge in [0, 0.05) is 24.2 Å². The van der Waals surface area contributed by atoms with Crippen molar-refractivity contribution in [2.24, 2.45) is 0 Å². The van der Waals surface area contributed by atoms with Crippen molar-refractivity contribution >= 4 is 17.0 Å². The van der Waals surface area contributed by atoms with E-state index in [-0.39, 0.29) is 0 Å². The molecule has 4 rings (SSSR count). The summed E-state index contributed by atoms with van der Waals surface area (Å²) in [5.41, 5.74) is 5.31. The van der Waals surface area contributed by atoms with Crippen LogP contribution in [0.5, 0.6) is 11.5 Å². The van der Waals surface area contributed by atoms with E-state index in [9.17, 15) is 0 Å². The molecule has 0 amide bonds. The van der Waals surface area contributed by atoms with E-state index in [0.29, 0.717) is 11.7 Å². The molecule has 0 aliphatic carbocycles. The van der Waals surface area contributed by atoms with Crippen LogP contribution in [0.2, 0.25) is 0 Å². The number of ether oxygens (including phenoxy) is 2. The van der Waals surface area contributed by atoms with E-state index in [2.05, 4.69) is 34.8 Å². The Hall–Kier alpha value is -2.76. The highest BCUT2D eigenvalue weighted by Gasteiger charge is 2.21. The molecule has 0 bridgehead atoms. The molecule has 1 aliphatic heterocycles. The lowest BCUT2D eigenvalue weighted by Gasteiger charge is -2.26. The number of nitrogens with one attached hydrogen (secondary N) is 1. The summed E-state index contributed by atoms with van der Waals surface area (Å²) in [4.78, 5) is 15.5. The summed E-state index contributed by atoms with van der Waals surface area (Å²) in [5, 5.41) is 0. The van der Waals surface area contributed by atoms with Crippen LogP contribution in [0.3, 0.4) is 0 Å². The maximum Gasteiger partial charge on any atom is 0.225 e. The number of rotatable bonds is 5. The second kappa shape index (κ2) is 7.70. The van der Waals surface area contributed by atoms with E-state index in [1.165, 1.54) is 24.8 Å². The largest absolute Gasteiger partial charge is 0.493 e. The SMILES string of the molecule is COc1ccc(-c2[nH]c3cnc(N4CCCCC4)nc3c2C(C)C)cc1OC. The fraction of sp³-hybridized carbons (Fsp3) is 0.455. The molecule has 28 heavy (non-hydrogen) atoms. The minimum absolute atomic E-state index is 0.320. The Balaban J connectivity index is 1.83. The van der Waals surface area contributed by atoms with Gasteiger partial charge in [-0.3, -0.25) is 0 Å². The van der Waals surface area contributed by atoms with Crippen molar-refractivity contribution in [3.63, 3.8) is 0 Å². The standard InChI is InChI=1S/C22H28N4O2/c1-14(2)19-20(15-8-9-17(27-3)18(12-15)28-4)24-16-13-23-22(25-21(16)19)26-10-6-5-7-11-26/h8-9,12-14,24H,5-7,10-11H2,1-4H3. The van der Waals surface area contributed by atoms with Gasteiger partial charge in [-0.2, -0.15) is 0 Å². The molecule has 148 valence electrons. The molecular formula is C22H28N4O2. The van der Waals surface area contributed by atoms with Gasteiger partial charge >= 0.3 is 0 Å². The van der Waals surface area contributed by atoms with Crippen LogP contribution in [0.4, 0.5) is 5.95 Å². The van der Waals surface area contributed by atoms with Crippen molar-refractivity contribution in [3.05, 3.63) is 30.0 Å². The van der Waals surface area contributed by atoms with Gasteiger partial charge in [0.15, 0.2) is 11.5 Å². The minimum atomic E-state index is 0.320. The highest BCUT2D eigenvalue weighted by atomic mass is 16.5. The van der Waals surface area contributed by atoms with Crippen LogP contribution in [0, 0.1) is 0 Å². The van der Waals surface area contributed by atoms with Crippen molar-refractivity contribution < 1.29 is 9.47 Å². The number of methoxy groups -OCH3 is 2. The highest BCUT2D eigenvalue weighted by Crippen LogP contribution is 2.38. The molecule has 1 aromatic carbocycles. The molecule has 0 spiro atoms. The summed E-state index contributed by atoms with van der Waals surface area (Å²) in [6, 6.07) is 6.00. The maximum absolute atomic E-state index is 5.50. The number of H-pyrrole nitrogens is 1. The van der Waals surface area contributed by atoms with E-state index in [1.807, 2.05) is 18.3 Å². The third kappa shape index (κ3) is 3.28. The number of aromatic amines is 1. The van der Waals surface area contributed by atoms with Crippen molar-refractivity contribution in [2.75, 3.05) is 32.2 Å². The van der Waals surface area contributed by atoms with Crippen molar-refractivity contribution in [1.82, 2.24) is 15.0 Å². The monoisotopic (exact) mass is 380 g/mol. The molecule has 2 aromatic heterocycles. The van der Waals surface area contributed by atoms with Crippen LogP contribution < -0.4 is 14.4 Å². The molecular weight excluding hydrogens is 352 g/mol. The minimum Gasteiger partial charge on any atom is -0.493 e. The van der Waals surface area contributed by atoms with Crippen LogP contribution in [-0.2, 0) is 0 Å². The number of nitrogens with zero attached hydrogens (tertiary/aromatic N) is 3. The van der Waals surface area contributed by atoms with E-state index < -0.39 is 0 Å². The fourth-order valence-corrected chi connectivity index (χ4v) is 4.02. The quantitative estimate of drug-likeness (QED) is 0.692. The van der Waals surface area contributed by atoms with Gasteiger partial charge in [0.05, 0.1) is 37.1 Å². The third-order valence-corrected chi connectivity index (χ3v) is 5.45. The molecule has 6 heteroatoms. The molecule has 1 N–H and O–H groups in total. The zero-order chi connectivity index (χ0) is 19.7. The zero-order valence-electron chi connectivity index (χ0n) is 17.1. The molecule has 1 aliphatic rings. The van der Waals surface area contributed by atoms with Gasteiger partial charge < -0.3 is 19.4 Å². The van der Waals surface area contributed by atoms with Crippen LogP contribution >= 0.6 is 0 Å². The summed E-state index contributed by atoms with van der Waals surface area (Å²) in [7, 11) is 3.31. The van der Waals surface area contributed by atoms with Crippen molar-refractivity contribution in [2.45, 2.75) is 39.0 Å². The third-order valence-electron chi connectivity index (χ3n) is 5.45. The summed E-state index contributed by atoms with van der Waals surface area (Å²) in [6.45, 7) is 6.48. The molecule has 1 fully saturated rings. The Morgan fingerprint density at radius 3 is 2.46 bits per heavy atom. The Morgan fingerprint density at radius 1 is 1.04 bits per heavy atom. The maximum atomic E-state index is 5.50. The topological polar surface area (TPSA) is 63.3 Å². The molecule has 0 unspecified atom stereocenters. The number of hydrogen-bond acceptors (Lipinski definition) is 5. The van der Waals surface area contributed by atoms with E-state index in [0.717, 1.165) is 47.1 Å². The van der Waals surface area contributed by atoms with Crippen LogP contribution in [0.1, 0.15) is 44.6 Å². The van der Waals surface area contributed by atoms with E-state index >= 15 is 0 Å². The van der Waals surface area contributed by atoms with Crippen LogP contribution in [0.15, 0.2) is 24.4 Å². The summed E-state index contributed by atoms with van der Waals surface area (Å²) >= 11 is 0. The van der Waals surface area contributed by atoms with Gasteiger partial charge in [0.25, 0.3) is 0 Å². The second-order valence-corrected chi connectivity index (χ2v) is 7.62. The van der Waals surface area contributed by atoms with Gasteiger partial charge in [0.1, 0.15) is 0 Å². The first-order valence-corrected chi connectivity index (χ1v) is 9.98. The van der Waals surface area contributed by atoms with Gasteiger partial charge in [0.2, 0.25) is 5.95 Å². The average Bonchev–Trinajstić information content (AvgIpc) is 3.12. The molecule has 3 aromatic rings. The first-order chi connectivity index (χ1) is 13.6. The Labute approximate surface area is 165 Å². The second-order valence-electron chi connectivity index (χ2n) is 7.62. The van der Waals surface area contributed by atoms with Crippen LogP contribution in [-0.4, -0.2) is 42.3 Å². The molecule has 0 saturated carbocycles. The van der Waals surface area contributed by atoms with Crippen LogP contribution in [0.25, 0.3) is 22.3 Å². The molecule has 1 saturated heterocycles. The highest BCUT2D eigenvalue weighted by molar-refractivity contribution is 5.89. The average molecular weight is 380 g/mol. The Bertz CT molecular complexity index is 974.